The van der Waals surface area contributed by atoms with Gasteiger partial charge in [0.1, 0.15) is 11.4 Å². The second kappa shape index (κ2) is 16.6. The Bertz CT molecular complexity index is 2000. The minimum atomic E-state index is -4.55. The van der Waals surface area contributed by atoms with Crippen molar-refractivity contribution in [3.8, 4) is 11.6 Å². The summed E-state index contributed by atoms with van der Waals surface area (Å²) in [5, 5.41) is 0. The summed E-state index contributed by atoms with van der Waals surface area (Å²) < 4.78 is 136. The maximum absolute atomic E-state index is 13.5. The number of benzene rings is 1. The summed E-state index contributed by atoms with van der Waals surface area (Å²) in [7, 11) is -16.0. The topological polar surface area (TPSA) is 241 Å². The molecule has 0 aliphatic rings. The summed E-state index contributed by atoms with van der Waals surface area (Å²) in [6, 6.07) is 3.56. The van der Waals surface area contributed by atoms with Crippen LogP contribution in [0.15, 0.2) is 29.3 Å². The molecule has 18 nitrogen and oxygen atoms in total. The Labute approximate surface area is 291 Å². The summed E-state index contributed by atoms with van der Waals surface area (Å²) in [5.41, 5.74) is -1.49. The molecule has 1 amide bonds. The van der Waals surface area contributed by atoms with Crippen molar-refractivity contribution < 1.29 is 64.3 Å². The SMILES string of the molecule is CN(C(=O)OC(C)(C)C)C(CCCCOS(C)(=O)=O)c1nc(OS(C)(=O)=O)c(OS(C)(=O)=O)c(C(=NCc2ccc(F)cc2)OS(C)(=O)=O)n1. The number of hydrogen-bond donors (Lipinski definition) is 0. The number of halogens is 1. The number of amides is 1. The second-order valence-electron chi connectivity index (χ2n) is 11.8. The molecule has 0 saturated carbocycles. The predicted octanol–water partition coefficient (Wildman–Crippen LogP) is 2.27. The highest BCUT2D eigenvalue weighted by Gasteiger charge is 2.34. The maximum atomic E-state index is 13.5. The molecule has 1 unspecified atom stereocenters. The van der Waals surface area contributed by atoms with Gasteiger partial charge < -0.3 is 22.2 Å². The van der Waals surface area contributed by atoms with Gasteiger partial charge in [0.15, 0.2) is 11.5 Å². The first kappa shape index (κ1) is 42.5. The quantitative estimate of drug-likeness (QED) is 0.102. The van der Waals surface area contributed by atoms with Crippen molar-refractivity contribution in [3.63, 3.8) is 0 Å². The Morgan fingerprint density at radius 2 is 1.44 bits per heavy atom. The van der Waals surface area contributed by atoms with Gasteiger partial charge in [-0.2, -0.15) is 38.7 Å². The predicted molar refractivity (Wildman–Crippen MR) is 177 cm³/mol. The first-order chi connectivity index (χ1) is 22.6. The molecule has 1 heterocycles. The average molecular weight is 791 g/mol. The van der Waals surface area contributed by atoms with Gasteiger partial charge in [-0.25, -0.2) is 19.2 Å². The number of carbonyl (C=O) groups excluding carboxylic acids is 1. The van der Waals surface area contributed by atoms with Crippen LogP contribution in [0.2, 0.25) is 0 Å². The first-order valence-electron chi connectivity index (χ1n) is 14.3. The monoisotopic (exact) mass is 790 g/mol. The van der Waals surface area contributed by atoms with E-state index in [0.29, 0.717) is 24.3 Å². The van der Waals surface area contributed by atoms with Crippen molar-refractivity contribution in [1.82, 2.24) is 14.9 Å². The third kappa shape index (κ3) is 15.9. The van der Waals surface area contributed by atoms with E-state index in [9.17, 15) is 42.9 Å². The van der Waals surface area contributed by atoms with E-state index in [0.717, 1.165) is 23.3 Å². The number of hydrogen-bond acceptors (Lipinski definition) is 17. The van der Waals surface area contributed by atoms with Gasteiger partial charge in [-0.1, -0.05) is 12.1 Å². The lowest BCUT2D eigenvalue weighted by molar-refractivity contribution is 0.0200. The number of aliphatic imine (C=N–C) groups is 1. The molecule has 0 fully saturated rings. The van der Waals surface area contributed by atoms with Crippen LogP contribution in [0.3, 0.4) is 0 Å². The molecule has 0 spiro atoms. The summed E-state index contributed by atoms with van der Waals surface area (Å²) in [6.07, 6.45) is 1.95. The second-order valence-corrected chi connectivity index (χ2v) is 18.2. The van der Waals surface area contributed by atoms with Crippen LogP contribution in [-0.4, -0.2) is 105 Å². The molecule has 23 heteroatoms. The number of nitrogens with zero attached hydrogens (tertiary/aromatic N) is 4. The zero-order valence-electron chi connectivity index (χ0n) is 28.4. The van der Waals surface area contributed by atoms with Gasteiger partial charge in [0, 0.05) is 7.05 Å². The van der Waals surface area contributed by atoms with Crippen LogP contribution in [0.25, 0.3) is 0 Å². The van der Waals surface area contributed by atoms with E-state index in [1.165, 1.54) is 19.2 Å². The highest BCUT2D eigenvalue weighted by atomic mass is 32.2. The summed E-state index contributed by atoms with van der Waals surface area (Å²) in [5.74, 6) is -4.04. The number of carbonyl (C=O) groups is 1. The van der Waals surface area contributed by atoms with Crippen LogP contribution in [0.1, 0.15) is 63.2 Å². The largest absolute Gasteiger partial charge is 0.444 e. The molecule has 50 heavy (non-hydrogen) atoms. The summed E-state index contributed by atoms with van der Waals surface area (Å²) in [4.78, 5) is 26.7. The zero-order chi connectivity index (χ0) is 38.3. The van der Waals surface area contributed by atoms with Gasteiger partial charge in [0.25, 0.3) is 21.9 Å². The number of rotatable bonds is 16. The highest BCUT2D eigenvalue weighted by Crippen LogP contribution is 2.35. The highest BCUT2D eigenvalue weighted by molar-refractivity contribution is 7.87. The molecule has 1 atom stereocenters. The summed E-state index contributed by atoms with van der Waals surface area (Å²) in [6.45, 7) is 4.14. The molecule has 0 saturated heterocycles. The summed E-state index contributed by atoms with van der Waals surface area (Å²) >= 11 is 0. The van der Waals surface area contributed by atoms with Gasteiger partial charge >= 0.3 is 36.4 Å². The standard InChI is InChI=1S/C27H39FN4O14S4/c1-27(2,3)43-26(33)32(4)20(11-9-10-16-42-47(5,34)35)23-30-21(22(44-48(6,36)37)25(31-23)46-50(8,40)41)24(45-49(7,38)39)29-17-18-12-14-19(28)15-13-18/h12-15,20H,9-11,16-17H2,1-8H3. The zero-order valence-corrected chi connectivity index (χ0v) is 31.7. The van der Waals surface area contributed by atoms with Crippen LogP contribution in [0.4, 0.5) is 9.18 Å². The molecule has 282 valence electrons. The fraction of sp³-hybridized carbons (Fsp3) is 0.556. The molecule has 0 bridgehead atoms. The Kier molecular flexibility index (Phi) is 14.1. The van der Waals surface area contributed by atoms with Crippen molar-refractivity contribution in [3.05, 3.63) is 47.2 Å². The Balaban J connectivity index is 2.94. The molecule has 2 aromatic rings. The molecule has 1 aromatic heterocycles. The van der Waals surface area contributed by atoms with E-state index in [1.54, 1.807) is 20.8 Å². The number of aromatic nitrogens is 2. The minimum absolute atomic E-state index is 0.0676. The van der Waals surface area contributed by atoms with Crippen LogP contribution in [0.5, 0.6) is 11.6 Å². The molecule has 0 N–H and O–H groups in total. The Hall–Kier alpha value is -3.67. The van der Waals surface area contributed by atoms with Crippen molar-refractivity contribution in [2.24, 2.45) is 4.99 Å². The Morgan fingerprint density at radius 3 is 1.94 bits per heavy atom. The molecule has 0 aliphatic carbocycles. The lowest BCUT2D eigenvalue weighted by Gasteiger charge is -2.30. The van der Waals surface area contributed by atoms with Crippen molar-refractivity contribution in [2.45, 2.75) is 58.2 Å². The van der Waals surface area contributed by atoms with E-state index in [-0.39, 0.29) is 25.9 Å². The van der Waals surface area contributed by atoms with E-state index in [2.05, 4.69) is 15.0 Å². The van der Waals surface area contributed by atoms with Crippen LogP contribution in [0, 0.1) is 5.82 Å². The molecule has 0 aliphatic heterocycles. The minimum Gasteiger partial charge on any atom is -0.444 e. The fourth-order valence-electron chi connectivity index (χ4n) is 3.81. The Morgan fingerprint density at radius 1 is 0.860 bits per heavy atom. The van der Waals surface area contributed by atoms with E-state index < -0.39 is 99.6 Å². The molecule has 0 radical (unpaired) electrons. The smallest absolute Gasteiger partial charge is 0.410 e. The van der Waals surface area contributed by atoms with Crippen LogP contribution < -0.4 is 8.37 Å². The van der Waals surface area contributed by atoms with E-state index in [4.69, 9.17) is 21.5 Å². The van der Waals surface area contributed by atoms with Crippen molar-refractivity contribution >= 4 is 52.5 Å². The van der Waals surface area contributed by atoms with Crippen molar-refractivity contribution in [2.75, 3.05) is 38.7 Å². The van der Waals surface area contributed by atoms with Gasteiger partial charge in [0.05, 0.1) is 44.2 Å². The van der Waals surface area contributed by atoms with Gasteiger partial charge in [-0.05, 0) is 57.7 Å². The molecule has 2 rings (SSSR count). The average Bonchev–Trinajstić information content (AvgIpc) is 2.91. The van der Waals surface area contributed by atoms with E-state index in [1.807, 2.05) is 0 Å². The normalized spacial score (nSPS) is 13.7. The van der Waals surface area contributed by atoms with Crippen molar-refractivity contribution in [1.29, 1.82) is 0 Å². The van der Waals surface area contributed by atoms with Crippen LogP contribution in [-0.2, 0) is 60.1 Å². The molecule has 1 aromatic carbocycles. The lowest BCUT2D eigenvalue weighted by Crippen LogP contribution is -2.37. The number of unbranched alkanes of at least 4 members (excludes halogenated alkanes) is 1. The van der Waals surface area contributed by atoms with Crippen LogP contribution >= 0.6 is 0 Å². The number of ether oxygens (including phenoxy) is 1. The third-order valence-electron chi connectivity index (χ3n) is 5.68. The molecular weight excluding hydrogens is 752 g/mol. The lowest BCUT2D eigenvalue weighted by atomic mass is 10.1. The van der Waals surface area contributed by atoms with Gasteiger partial charge in [0.2, 0.25) is 5.75 Å². The molecular formula is C27H39FN4O14S4. The van der Waals surface area contributed by atoms with Gasteiger partial charge in [-0.15, -0.1) is 0 Å². The fourth-order valence-corrected chi connectivity index (χ4v) is 5.50. The van der Waals surface area contributed by atoms with Gasteiger partial charge in [-0.3, -0.25) is 4.18 Å². The third-order valence-corrected chi connectivity index (χ3v) is 7.67. The first-order valence-corrected chi connectivity index (χ1v) is 21.6. The van der Waals surface area contributed by atoms with E-state index >= 15 is 0 Å². The maximum Gasteiger partial charge on any atom is 0.410 e.